The summed E-state index contributed by atoms with van der Waals surface area (Å²) in [4.78, 5) is 24.8. The molecule has 2 rings (SSSR count). The van der Waals surface area contributed by atoms with E-state index in [-0.39, 0.29) is 18.2 Å². The number of carboxylic acids is 1. The normalized spacial score (nSPS) is 22.0. The Kier molecular flexibility index (Phi) is 4.97. The lowest BCUT2D eigenvalue weighted by Crippen LogP contribution is -2.45. The van der Waals surface area contributed by atoms with Crippen LogP contribution < -0.4 is 0 Å². The van der Waals surface area contributed by atoms with E-state index in [0.29, 0.717) is 25.1 Å². The molecule has 1 amide bonds. The standard InChI is InChI=1S/C16H18F3NO3/c1-10-9-20(6-5-13(10)15(22)23)14(21)8-11-3-2-4-12(7-11)16(17,18)19/h2-4,7,10,13H,5-6,8-9H2,1H3,(H,22,23). The molecule has 1 aliphatic rings. The highest BCUT2D eigenvalue weighted by Gasteiger charge is 2.33. The average Bonchev–Trinajstić information content (AvgIpc) is 2.46. The number of rotatable bonds is 3. The average molecular weight is 329 g/mol. The molecule has 0 spiro atoms. The fourth-order valence-electron chi connectivity index (χ4n) is 2.88. The molecule has 2 atom stereocenters. The SMILES string of the molecule is CC1CN(C(=O)Cc2cccc(C(F)(F)F)c2)CCC1C(=O)O. The monoisotopic (exact) mass is 329 g/mol. The zero-order chi connectivity index (χ0) is 17.2. The van der Waals surface area contributed by atoms with Crippen LogP contribution in [0.25, 0.3) is 0 Å². The Balaban J connectivity index is 2.02. The molecule has 1 fully saturated rings. The first-order valence-corrected chi connectivity index (χ1v) is 7.35. The molecular weight excluding hydrogens is 311 g/mol. The highest BCUT2D eigenvalue weighted by atomic mass is 19.4. The highest BCUT2D eigenvalue weighted by molar-refractivity contribution is 5.79. The van der Waals surface area contributed by atoms with Crippen molar-refractivity contribution in [3.8, 4) is 0 Å². The van der Waals surface area contributed by atoms with Gasteiger partial charge < -0.3 is 10.0 Å². The molecule has 0 aromatic heterocycles. The van der Waals surface area contributed by atoms with Gasteiger partial charge in [-0.1, -0.05) is 25.1 Å². The molecule has 2 unspecified atom stereocenters. The Labute approximate surface area is 131 Å². The maximum absolute atomic E-state index is 12.7. The first-order chi connectivity index (χ1) is 10.7. The quantitative estimate of drug-likeness (QED) is 0.928. The predicted octanol–water partition coefficient (Wildman–Crippen LogP) is 2.82. The van der Waals surface area contributed by atoms with Crippen molar-refractivity contribution in [2.24, 2.45) is 11.8 Å². The minimum atomic E-state index is -4.44. The molecule has 126 valence electrons. The third-order valence-electron chi connectivity index (χ3n) is 4.18. The van der Waals surface area contributed by atoms with Gasteiger partial charge >= 0.3 is 12.1 Å². The highest BCUT2D eigenvalue weighted by Crippen LogP contribution is 2.30. The van der Waals surface area contributed by atoms with Gasteiger partial charge in [0.25, 0.3) is 0 Å². The molecule has 1 aromatic rings. The van der Waals surface area contributed by atoms with E-state index in [1.165, 1.54) is 17.0 Å². The van der Waals surface area contributed by atoms with Crippen molar-refractivity contribution < 1.29 is 27.9 Å². The number of halogens is 3. The number of piperidine rings is 1. The molecule has 1 saturated heterocycles. The van der Waals surface area contributed by atoms with E-state index in [0.717, 1.165) is 12.1 Å². The van der Waals surface area contributed by atoms with E-state index in [1.54, 1.807) is 6.92 Å². The molecule has 7 heteroatoms. The van der Waals surface area contributed by atoms with Crippen molar-refractivity contribution in [1.82, 2.24) is 4.90 Å². The van der Waals surface area contributed by atoms with Gasteiger partial charge in [0.2, 0.25) is 5.91 Å². The van der Waals surface area contributed by atoms with Gasteiger partial charge in [-0.05, 0) is 24.0 Å². The summed E-state index contributed by atoms with van der Waals surface area (Å²) in [7, 11) is 0. The number of alkyl halides is 3. The van der Waals surface area contributed by atoms with Crippen LogP contribution in [0.5, 0.6) is 0 Å². The number of hydrogen-bond donors (Lipinski definition) is 1. The van der Waals surface area contributed by atoms with Crippen LogP contribution in [0, 0.1) is 11.8 Å². The number of amides is 1. The van der Waals surface area contributed by atoms with Gasteiger partial charge in [-0.3, -0.25) is 9.59 Å². The third kappa shape index (κ3) is 4.24. The first-order valence-electron chi connectivity index (χ1n) is 7.35. The lowest BCUT2D eigenvalue weighted by molar-refractivity contribution is -0.148. The second-order valence-corrected chi connectivity index (χ2v) is 5.93. The fraction of sp³-hybridized carbons (Fsp3) is 0.500. The number of likely N-dealkylation sites (tertiary alicyclic amines) is 1. The summed E-state index contributed by atoms with van der Waals surface area (Å²) < 4.78 is 38.0. The van der Waals surface area contributed by atoms with Gasteiger partial charge in [-0.2, -0.15) is 13.2 Å². The Morgan fingerprint density at radius 1 is 1.35 bits per heavy atom. The summed E-state index contributed by atoms with van der Waals surface area (Å²) >= 11 is 0. The lowest BCUT2D eigenvalue weighted by Gasteiger charge is -2.35. The van der Waals surface area contributed by atoms with E-state index in [4.69, 9.17) is 5.11 Å². The summed E-state index contributed by atoms with van der Waals surface area (Å²) in [6.07, 6.45) is -4.19. The number of aliphatic carboxylic acids is 1. The molecule has 1 aromatic carbocycles. The molecule has 1 N–H and O–H groups in total. The largest absolute Gasteiger partial charge is 0.481 e. The zero-order valence-corrected chi connectivity index (χ0v) is 12.6. The van der Waals surface area contributed by atoms with E-state index < -0.39 is 23.6 Å². The molecular formula is C16H18F3NO3. The summed E-state index contributed by atoms with van der Waals surface area (Å²) in [5, 5.41) is 9.07. The molecule has 0 aliphatic carbocycles. The minimum Gasteiger partial charge on any atom is -0.481 e. The van der Waals surface area contributed by atoms with Gasteiger partial charge in [-0.25, -0.2) is 0 Å². The van der Waals surface area contributed by atoms with E-state index >= 15 is 0 Å². The van der Waals surface area contributed by atoms with Gasteiger partial charge in [0.05, 0.1) is 17.9 Å². The van der Waals surface area contributed by atoms with Crippen LogP contribution in [0.4, 0.5) is 13.2 Å². The number of nitrogens with zero attached hydrogens (tertiary/aromatic N) is 1. The number of carboxylic acid groups (broad SMARTS) is 1. The number of benzene rings is 1. The predicted molar refractivity (Wildman–Crippen MR) is 76.6 cm³/mol. The summed E-state index contributed by atoms with van der Waals surface area (Å²) in [6, 6.07) is 4.71. The van der Waals surface area contributed by atoms with Gasteiger partial charge in [-0.15, -0.1) is 0 Å². The van der Waals surface area contributed by atoms with Crippen molar-refractivity contribution in [3.05, 3.63) is 35.4 Å². The summed E-state index contributed by atoms with van der Waals surface area (Å²) in [6.45, 7) is 2.40. The first kappa shape index (κ1) is 17.3. The van der Waals surface area contributed by atoms with E-state index in [1.807, 2.05) is 0 Å². The van der Waals surface area contributed by atoms with Crippen molar-refractivity contribution in [2.75, 3.05) is 13.1 Å². The van der Waals surface area contributed by atoms with Crippen LogP contribution in [0.15, 0.2) is 24.3 Å². The number of carbonyl (C=O) groups is 2. The Hall–Kier alpha value is -2.05. The van der Waals surface area contributed by atoms with Gasteiger partial charge in [0, 0.05) is 13.1 Å². The second kappa shape index (κ2) is 6.60. The minimum absolute atomic E-state index is 0.117. The van der Waals surface area contributed by atoms with Crippen molar-refractivity contribution in [1.29, 1.82) is 0 Å². The zero-order valence-electron chi connectivity index (χ0n) is 12.6. The smallest absolute Gasteiger partial charge is 0.416 e. The molecule has 0 radical (unpaired) electrons. The Bertz CT molecular complexity index is 600. The third-order valence-corrected chi connectivity index (χ3v) is 4.18. The Morgan fingerprint density at radius 3 is 2.61 bits per heavy atom. The topological polar surface area (TPSA) is 57.6 Å². The maximum atomic E-state index is 12.7. The molecule has 1 heterocycles. The summed E-state index contributed by atoms with van der Waals surface area (Å²) in [5.74, 6) is -1.80. The molecule has 1 aliphatic heterocycles. The van der Waals surface area contributed by atoms with E-state index in [9.17, 15) is 22.8 Å². The molecule has 4 nitrogen and oxygen atoms in total. The number of carbonyl (C=O) groups excluding carboxylic acids is 1. The van der Waals surface area contributed by atoms with Crippen molar-refractivity contribution in [2.45, 2.75) is 25.9 Å². The van der Waals surface area contributed by atoms with Crippen LogP contribution in [0.2, 0.25) is 0 Å². The molecule has 0 saturated carbocycles. The maximum Gasteiger partial charge on any atom is 0.416 e. The fourth-order valence-corrected chi connectivity index (χ4v) is 2.88. The van der Waals surface area contributed by atoms with Gasteiger partial charge in [0.15, 0.2) is 0 Å². The molecule has 0 bridgehead atoms. The summed E-state index contributed by atoms with van der Waals surface area (Å²) in [5.41, 5.74) is -0.474. The lowest BCUT2D eigenvalue weighted by atomic mass is 9.87. The van der Waals surface area contributed by atoms with Crippen LogP contribution in [0.1, 0.15) is 24.5 Å². The van der Waals surface area contributed by atoms with Crippen LogP contribution in [-0.2, 0) is 22.2 Å². The van der Waals surface area contributed by atoms with Crippen LogP contribution >= 0.6 is 0 Å². The van der Waals surface area contributed by atoms with E-state index in [2.05, 4.69) is 0 Å². The van der Waals surface area contributed by atoms with Crippen LogP contribution in [-0.4, -0.2) is 35.0 Å². The molecule has 23 heavy (non-hydrogen) atoms. The van der Waals surface area contributed by atoms with Crippen molar-refractivity contribution in [3.63, 3.8) is 0 Å². The second-order valence-electron chi connectivity index (χ2n) is 5.93. The van der Waals surface area contributed by atoms with Crippen molar-refractivity contribution >= 4 is 11.9 Å². The van der Waals surface area contributed by atoms with Crippen LogP contribution in [0.3, 0.4) is 0 Å². The number of hydrogen-bond acceptors (Lipinski definition) is 2. The Morgan fingerprint density at radius 2 is 2.04 bits per heavy atom. The van der Waals surface area contributed by atoms with Gasteiger partial charge in [0.1, 0.15) is 0 Å².